The molecule has 0 spiro atoms. The average molecular weight is 674 g/mol. The SMILES string of the molecule is CCCCCCC1CC(=O)NCC(=O)NC(C(C)C)C(=O)NC(Cc2ccccc2)C(=O)NC(C(C)O)C(=O)NC(C(C)CC)C(=O)O1. The Labute approximate surface area is 284 Å². The van der Waals surface area contributed by atoms with Crippen LogP contribution in [0.1, 0.15) is 92.1 Å². The molecule has 0 radical (unpaired) electrons. The summed E-state index contributed by atoms with van der Waals surface area (Å²) < 4.78 is 5.82. The number of amides is 5. The fraction of sp³-hybridized carbons (Fsp3) is 0.657. The summed E-state index contributed by atoms with van der Waals surface area (Å²) in [6.45, 7) is 10.0. The third-order valence-corrected chi connectivity index (χ3v) is 8.53. The highest BCUT2D eigenvalue weighted by molar-refractivity contribution is 5.96. The maximum absolute atomic E-state index is 13.7. The van der Waals surface area contributed by atoms with Crippen molar-refractivity contribution in [2.75, 3.05) is 6.54 Å². The molecule has 13 heteroatoms. The molecule has 5 amide bonds. The van der Waals surface area contributed by atoms with Crippen LogP contribution in [0.5, 0.6) is 0 Å². The van der Waals surface area contributed by atoms with Crippen LogP contribution in [0.25, 0.3) is 0 Å². The van der Waals surface area contributed by atoms with Gasteiger partial charge in [0.15, 0.2) is 0 Å². The predicted octanol–water partition coefficient (Wildman–Crippen LogP) is 1.65. The van der Waals surface area contributed by atoms with Gasteiger partial charge in [-0.1, -0.05) is 90.6 Å². The largest absolute Gasteiger partial charge is 0.460 e. The highest BCUT2D eigenvalue weighted by Gasteiger charge is 2.36. The Hall–Kier alpha value is -4.00. The van der Waals surface area contributed by atoms with Gasteiger partial charge in [-0.15, -0.1) is 0 Å². The highest BCUT2D eigenvalue weighted by atomic mass is 16.5. The van der Waals surface area contributed by atoms with E-state index in [0.717, 1.165) is 19.3 Å². The van der Waals surface area contributed by atoms with Crippen molar-refractivity contribution in [1.82, 2.24) is 26.6 Å². The number of aliphatic hydroxyl groups excluding tert-OH is 1. The molecular formula is C35H55N5O8. The van der Waals surface area contributed by atoms with Crippen LogP contribution in [-0.4, -0.2) is 83.5 Å². The number of aliphatic hydroxyl groups is 1. The predicted molar refractivity (Wildman–Crippen MR) is 180 cm³/mol. The minimum absolute atomic E-state index is 0.0445. The van der Waals surface area contributed by atoms with Crippen molar-refractivity contribution in [3.05, 3.63) is 35.9 Å². The quantitative estimate of drug-likeness (QED) is 0.151. The molecule has 0 bridgehead atoms. The molecule has 1 aliphatic rings. The van der Waals surface area contributed by atoms with E-state index in [4.69, 9.17) is 4.74 Å². The van der Waals surface area contributed by atoms with Crippen molar-refractivity contribution >= 4 is 35.5 Å². The minimum Gasteiger partial charge on any atom is -0.460 e. The topological polar surface area (TPSA) is 192 Å². The Morgan fingerprint density at radius 1 is 0.771 bits per heavy atom. The number of carbonyl (C=O) groups is 6. The Morgan fingerprint density at radius 2 is 1.42 bits per heavy atom. The van der Waals surface area contributed by atoms with Gasteiger partial charge in [0.1, 0.15) is 30.3 Å². The number of nitrogens with one attached hydrogen (secondary N) is 5. The Morgan fingerprint density at radius 3 is 2.02 bits per heavy atom. The summed E-state index contributed by atoms with van der Waals surface area (Å²) in [5.41, 5.74) is 0.714. The average Bonchev–Trinajstić information content (AvgIpc) is 3.04. The molecule has 0 aromatic heterocycles. The molecule has 1 saturated heterocycles. The first-order valence-corrected chi connectivity index (χ1v) is 17.2. The number of hydrogen-bond acceptors (Lipinski definition) is 8. The summed E-state index contributed by atoms with van der Waals surface area (Å²) in [7, 11) is 0. The molecule has 6 N–H and O–H groups in total. The molecule has 7 atom stereocenters. The normalized spacial score (nSPS) is 25.2. The van der Waals surface area contributed by atoms with Crippen LogP contribution in [0, 0.1) is 11.8 Å². The Bertz CT molecular complexity index is 1220. The molecule has 1 aromatic rings. The zero-order valence-corrected chi connectivity index (χ0v) is 29.2. The number of carbonyl (C=O) groups excluding carboxylic acids is 6. The van der Waals surface area contributed by atoms with Crippen molar-refractivity contribution in [3.63, 3.8) is 0 Å². The first-order valence-electron chi connectivity index (χ1n) is 17.2. The van der Waals surface area contributed by atoms with Crippen molar-refractivity contribution in [2.24, 2.45) is 11.8 Å². The lowest BCUT2D eigenvalue weighted by Gasteiger charge is -2.29. The molecule has 0 aliphatic carbocycles. The van der Waals surface area contributed by atoms with E-state index in [-0.39, 0.29) is 18.8 Å². The second-order valence-electron chi connectivity index (χ2n) is 13.0. The lowest BCUT2D eigenvalue weighted by molar-refractivity contribution is -0.156. The number of esters is 1. The molecule has 1 aromatic carbocycles. The van der Waals surface area contributed by atoms with Crippen LogP contribution in [0.2, 0.25) is 0 Å². The number of ether oxygens (including phenoxy) is 1. The van der Waals surface area contributed by atoms with Crippen LogP contribution in [0.3, 0.4) is 0 Å². The summed E-state index contributed by atoms with van der Waals surface area (Å²) >= 11 is 0. The maximum atomic E-state index is 13.7. The van der Waals surface area contributed by atoms with Gasteiger partial charge in [-0.3, -0.25) is 24.0 Å². The molecule has 48 heavy (non-hydrogen) atoms. The monoisotopic (exact) mass is 673 g/mol. The van der Waals surface area contributed by atoms with E-state index >= 15 is 0 Å². The van der Waals surface area contributed by atoms with Crippen LogP contribution in [0.4, 0.5) is 0 Å². The second kappa shape index (κ2) is 20.4. The third kappa shape index (κ3) is 13.2. The molecule has 1 heterocycles. The van der Waals surface area contributed by atoms with Gasteiger partial charge in [0.2, 0.25) is 29.5 Å². The summed E-state index contributed by atoms with van der Waals surface area (Å²) in [5.74, 6) is -4.85. The van der Waals surface area contributed by atoms with Crippen LogP contribution >= 0.6 is 0 Å². The van der Waals surface area contributed by atoms with E-state index in [1.165, 1.54) is 6.92 Å². The van der Waals surface area contributed by atoms with Crippen LogP contribution in [-0.2, 0) is 39.9 Å². The summed E-state index contributed by atoms with van der Waals surface area (Å²) in [5, 5.41) is 23.7. The van der Waals surface area contributed by atoms with E-state index in [9.17, 15) is 33.9 Å². The zero-order valence-electron chi connectivity index (χ0n) is 29.2. The lowest BCUT2D eigenvalue weighted by Crippen LogP contribution is -2.61. The fourth-order valence-corrected chi connectivity index (χ4v) is 5.35. The molecule has 13 nitrogen and oxygen atoms in total. The third-order valence-electron chi connectivity index (χ3n) is 8.53. The van der Waals surface area contributed by atoms with Gasteiger partial charge in [-0.05, 0) is 37.2 Å². The molecule has 268 valence electrons. The van der Waals surface area contributed by atoms with Gasteiger partial charge in [0, 0.05) is 6.42 Å². The Kier molecular flexibility index (Phi) is 17.1. The summed E-state index contributed by atoms with van der Waals surface area (Å²) in [6, 6.07) is 4.04. The molecule has 1 fully saturated rings. The molecule has 7 unspecified atom stereocenters. The van der Waals surface area contributed by atoms with Crippen LogP contribution in [0.15, 0.2) is 30.3 Å². The molecule has 2 rings (SSSR count). The second-order valence-corrected chi connectivity index (χ2v) is 13.0. The van der Waals surface area contributed by atoms with Gasteiger partial charge in [0.25, 0.3) is 0 Å². The lowest BCUT2D eigenvalue weighted by atomic mass is 9.97. The number of unbranched alkanes of at least 4 members (excludes halogenated alkanes) is 3. The van der Waals surface area contributed by atoms with Gasteiger partial charge < -0.3 is 36.4 Å². The summed E-state index contributed by atoms with van der Waals surface area (Å²) in [4.78, 5) is 80.3. The first kappa shape index (κ1) is 40.2. The number of hydrogen-bond donors (Lipinski definition) is 6. The smallest absolute Gasteiger partial charge is 0.329 e. The van der Waals surface area contributed by atoms with E-state index < -0.39 is 84.3 Å². The number of benzene rings is 1. The molecule has 1 aliphatic heterocycles. The summed E-state index contributed by atoms with van der Waals surface area (Å²) in [6.07, 6.45) is 2.09. The van der Waals surface area contributed by atoms with Gasteiger partial charge in [0.05, 0.1) is 19.1 Å². The fourth-order valence-electron chi connectivity index (χ4n) is 5.35. The first-order chi connectivity index (χ1) is 22.8. The van der Waals surface area contributed by atoms with Crippen molar-refractivity contribution < 1.29 is 38.6 Å². The van der Waals surface area contributed by atoms with Crippen LogP contribution < -0.4 is 26.6 Å². The number of cyclic esters (lactones) is 1. The molecular weight excluding hydrogens is 618 g/mol. The minimum atomic E-state index is -1.48. The van der Waals surface area contributed by atoms with Crippen molar-refractivity contribution in [1.29, 1.82) is 0 Å². The number of rotatable bonds is 11. The van der Waals surface area contributed by atoms with Crippen molar-refractivity contribution in [3.8, 4) is 0 Å². The molecule has 0 saturated carbocycles. The highest BCUT2D eigenvalue weighted by Crippen LogP contribution is 2.17. The van der Waals surface area contributed by atoms with Gasteiger partial charge >= 0.3 is 5.97 Å². The standard InChI is InChI=1S/C35H55N5O8/c1-7-9-10-14-17-25-19-27(42)36-20-28(43)38-29(21(3)4)33(45)37-26(18-24-15-12-11-13-16-24)32(44)40-31(23(6)41)34(46)39-30(22(5)8-2)35(47)48-25/h11-13,15-16,21-23,25-26,29-31,41H,7-10,14,17-20H2,1-6H3,(H,36,42)(H,37,45)(H,38,43)(H,39,46)(H,40,44). The van der Waals surface area contributed by atoms with Crippen molar-refractivity contribution in [2.45, 2.75) is 129 Å². The van der Waals surface area contributed by atoms with E-state index in [0.29, 0.717) is 24.8 Å². The van der Waals surface area contributed by atoms with Gasteiger partial charge in [-0.25, -0.2) is 4.79 Å². The maximum Gasteiger partial charge on any atom is 0.329 e. The zero-order chi connectivity index (χ0) is 35.8. The van der Waals surface area contributed by atoms with E-state index in [1.54, 1.807) is 51.1 Å². The van der Waals surface area contributed by atoms with E-state index in [2.05, 4.69) is 33.5 Å². The van der Waals surface area contributed by atoms with Gasteiger partial charge in [-0.2, -0.15) is 0 Å². The Balaban J connectivity index is 2.51. The van der Waals surface area contributed by atoms with E-state index in [1.807, 2.05) is 6.92 Å².